The number of nitrogens with zero attached hydrogens (tertiary/aromatic N) is 1. The zero-order chi connectivity index (χ0) is 10.8. The minimum absolute atomic E-state index is 0.121. The fourth-order valence-corrected chi connectivity index (χ4v) is 1.09. The Balaban J connectivity index is 2.75. The van der Waals surface area contributed by atoms with E-state index < -0.39 is 18.7 Å². The van der Waals surface area contributed by atoms with E-state index in [2.05, 4.69) is 4.98 Å². The predicted octanol–water partition coefficient (Wildman–Crippen LogP) is 2.20. The number of alkyl halides is 3. The van der Waals surface area contributed by atoms with Crippen LogP contribution in [0.1, 0.15) is 5.56 Å². The highest BCUT2D eigenvalue weighted by Crippen LogP contribution is 2.25. The van der Waals surface area contributed by atoms with Crippen LogP contribution in [0.4, 0.5) is 13.2 Å². The number of aliphatic hydroxyl groups excluding tert-OH is 1. The number of aliphatic hydroxyl groups is 1. The molecule has 1 atom stereocenters. The molecule has 0 bridgehead atoms. The minimum Gasteiger partial charge on any atom is -0.383 e. The van der Waals surface area contributed by atoms with Gasteiger partial charge in [-0.3, -0.25) is 4.98 Å². The molecule has 0 aliphatic carbocycles. The standard InChI is InChI=1S/C8H7ClF3NO/c9-6-4-13-2-1-5(6)3-7(14)8(10,11)12/h1-2,4,7,14H,3H2/t7-/m0/s1. The third-order valence-electron chi connectivity index (χ3n) is 1.65. The summed E-state index contributed by atoms with van der Waals surface area (Å²) in [7, 11) is 0. The molecule has 1 rings (SSSR count). The van der Waals surface area contributed by atoms with Crippen molar-refractivity contribution >= 4 is 11.6 Å². The highest BCUT2D eigenvalue weighted by atomic mass is 35.5. The largest absolute Gasteiger partial charge is 0.414 e. The van der Waals surface area contributed by atoms with Crippen molar-refractivity contribution in [3.8, 4) is 0 Å². The van der Waals surface area contributed by atoms with Crippen molar-refractivity contribution in [3.05, 3.63) is 29.0 Å². The predicted molar refractivity (Wildman–Crippen MR) is 45.0 cm³/mol. The van der Waals surface area contributed by atoms with Gasteiger partial charge in [0, 0.05) is 18.8 Å². The van der Waals surface area contributed by atoms with Gasteiger partial charge in [0.15, 0.2) is 6.10 Å². The molecule has 0 radical (unpaired) electrons. The van der Waals surface area contributed by atoms with Gasteiger partial charge in [0.25, 0.3) is 0 Å². The Bertz CT molecular complexity index is 316. The molecule has 0 aromatic carbocycles. The van der Waals surface area contributed by atoms with E-state index in [1.165, 1.54) is 18.5 Å². The smallest absolute Gasteiger partial charge is 0.383 e. The van der Waals surface area contributed by atoms with E-state index in [1.807, 2.05) is 0 Å². The molecule has 6 heteroatoms. The van der Waals surface area contributed by atoms with Gasteiger partial charge < -0.3 is 5.11 Å². The lowest BCUT2D eigenvalue weighted by Gasteiger charge is -2.14. The van der Waals surface area contributed by atoms with Crippen LogP contribution in [0.2, 0.25) is 5.02 Å². The van der Waals surface area contributed by atoms with Crippen LogP contribution in [0, 0.1) is 0 Å². The molecule has 0 spiro atoms. The summed E-state index contributed by atoms with van der Waals surface area (Å²) in [4.78, 5) is 3.62. The molecule has 0 aliphatic heterocycles. The molecule has 1 aromatic heterocycles. The number of hydrogen-bond acceptors (Lipinski definition) is 2. The third-order valence-corrected chi connectivity index (χ3v) is 1.99. The second kappa shape index (κ2) is 4.14. The van der Waals surface area contributed by atoms with Gasteiger partial charge in [-0.1, -0.05) is 11.6 Å². The molecule has 0 unspecified atom stereocenters. The summed E-state index contributed by atoms with van der Waals surface area (Å²) in [5.74, 6) is 0. The molecular weight excluding hydrogens is 219 g/mol. The fraction of sp³-hybridized carbons (Fsp3) is 0.375. The van der Waals surface area contributed by atoms with Crippen LogP contribution in [0.5, 0.6) is 0 Å². The molecule has 0 saturated heterocycles. The molecule has 0 aliphatic rings. The van der Waals surface area contributed by atoms with E-state index in [9.17, 15) is 13.2 Å². The van der Waals surface area contributed by atoms with E-state index in [-0.39, 0.29) is 10.6 Å². The van der Waals surface area contributed by atoms with E-state index >= 15 is 0 Å². The normalized spacial score (nSPS) is 14.1. The third kappa shape index (κ3) is 2.85. The average Bonchev–Trinajstić information content (AvgIpc) is 2.07. The summed E-state index contributed by atoms with van der Waals surface area (Å²) < 4.78 is 35.9. The fourth-order valence-electron chi connectivity index (χ4n) is 0.894. The minimum atomic E-state index is -4.62. The van der Waals surface area contributed by atoms with Crippen molar-refractivity contribution in [1.29, 1.82) is 0 Å². The second-order valence-corrected chi connectivity index (χ2v) is 3.14. The Morgan fingerprint density at radius 3 is 2.64 bits per heavy atom. The number of pyridine rings is 1. The van der Waals surface area contributed by atoms with Crippen molar-refractivity contribution in [2.45, 2.75) is 18.7 Å². The van der Waals surface area contributed by atoms with Crippen molar-refractivity contribution in [1.82, 2.24) is 4.98 Å². The molecular formula is C8H7ClF3NO. The van der Waals surface area contributed by atoms with Crippen molar-refractivity contribution in [2.24, 2.45) is 0 Å². The van der Waals surface area contributed by atoms with E-state index in [1.54, 1.807) is 0 Å². The van der Waals surface area contributed by atoms with Gasteiger partial charge in [-0.15, -0.1) is 0 Å². The van der Waals surface area contributed by atoms with E-state index in [0.29, 0.717) is 0 Å². The van der Waals surface area contributed by atoms with E-state index in [4.69, 9.17) is 16.7 Å². The maximum atomic E-state index is 12.0. The van der Waals surface area contributed by atoms with Crippen LogP contribution in [-0.4, -0.2) is 22.4 Å². The van der Waals surface area contributed by atoms with E-state index in [0.717, 1.165) is 0 Å². The van der Waals surface area contributed by atoms with Crippen LogP contribution in [0.3, 0.4) is 0 Å². The molecule has 1 N–H and O–H groups in total. The zero-order valence-electron chi connectivity index (χ0n) is 6.92. The molecule has 0 amide bonds. The molecule has 2 nitrogen and oxygen atoms in total. The first-order valence-corrected chi connectivity index (χ1v) is 4.12. The van der Waals surface area contributed by atoms with Crippen molar-refractivity contribution in [3.63, 3.8) is 0 Å². The Morgan fingerprint density at radius 2 is 2.14 bits per heavy atom. The number of hydrogen-bond donors (Lipinski definition) is 1. The number of halogens is 4. The summed E-state index contributed by atoms with van der Waals surface area (Å²) in [6, 6.07) is 1.34. The first-order chi connectivity index (χ1) is 6.41. The molecule has 1 aromatic rings. The van der Waals surface area contributed by atoms with Crippen LogP contribution >= 0.6 is 11.6 Å². The maximum absolute atomic E-state index is 12.0. The van der Waals surface area contributed by atoms with Crippen LogP contribution < -0.4 is 0 Å². The SMILES string of the molecule is O[C@@H](Cc1ccncc1Cl)C(F)(F)F. The lowest BCUT2D eigenvalue weighted by molar-refractivity contribution is -0.203. The van der Waals surface area contributed by atoms with Gasteiger partial charge in [-0.25, -0.2) is 0 Å². The Kier molecular flexibility index (Phi) is 3.34. The summed E-state index contributed by atoms with van der Waals surface area (Å²) in [6.45, 7) is 0. The van der Waals surface area contributed by atoms with Gasteiger partial charge >= 0.3 is 6.18 Å². The summed E-state index contributed by atoms with van der Waals surface area (Å²) >= 11 is 5.58. The van der Waals surface area contributed by atoms with Crippen LogP contribution in [0.25, 0.3) is 0 Å². The first kappa shape index (κ1) is 11.3. The van der Waals surface area contributed by atoms with Gasteiger partial charge in [0.1, 0.15) is 0 Å². The number of rotatable bonds is 2. The zero-order valence-corrected chi connectivity index (χ0v) is 7.68. The Labute approximate surface area is 83.3 Å². The van der Waals surface area contributed by atoms with Gasteiger partial charge in [-0.05, 0) is 11.6 Å². The lowest BCUT2D eigenvalue weighted by Crippen LogP contribution is -2.30. The summed E-state index contributed by atoms with van der Waals surface area (Å²) in [5, 5.41) is 8.88. The van der Waals surface area contributed by atoms with Gasteiger partial charge in [0.05, 0.1) is 5.02 Å². The van der Waals surface area contributed by atoms with Crippen LogP contribution in [0.15, 0.2) is 18.5 Å². The van der Waals surface area contributed by atoms with Gasteiger partial charge in [-0.2, -0.15) is 13.2 Å². The highest BCUT2D eigenvalue weighted by Gasteiger charge is 2.38. The molecule has 78 valence electrons. The average molecular weight is 226 g/mol. The highest BCUT2D eigenvalue weighted by molar-refractivity contribution is 6.31. The molecule has 0 fully saturated rings. The lowest BCUT2D eigenvalue weighted by atomic mass is 10.1. The topological polar surface area (TPSA) is 33.1 Å². The summed E-state index contributed by atoms with van der Waals surface area (Å²) in [6.07, 6.45) is -5.00. The first-order valence-electron chi connectivity index (χ1n) is 3.74. The summed E-state index contributed by atoms with van der Waals surface area (Å²) in [5.41, 5.74) is 0.228. The van der Waals surface area contributed by atoms with Crippen LogP contribution in [-0.2, 0) is 6.42 Å². The molecule has 14 heavy (non-hydrogen) atoms. The maximum Gasteiger partial charge on any atom is 0.414 e. The molecule has 0 saturated carbocycles. The number of aromatic nitrogens is 1. The monoisotopic (exact) mass is 225 g/mol. The Morgan fingerprint density at radius 1 is 1.50 bits per heavy atom. The van der Waals surface area contributed by atoms with Crippen molar-refractivity contribution < 1.29 is 18.3 Å². The second-order valence-electron chi connectivity index (χ2n) is 2.73. The molecule has 1 heterocycles. The Hall–Kier alpha value is -0.810. The van der Waals surface area contributed by atoms with Crippen molar-refractivity contribution in [2.75, 3.05) is 0 Å². The quantitative estimate of drug-likeness (QED) is 0.837. The van der Waals surface area contributed by atoms with Gasteiger partial charge in [0.2, 0.25) is 0 Å².